The number of ether oxygens (including phenoxy) is 2. The summed E-state index contributed by atoms with van der Waals surface area (Å²) >= 11 is 6.62. The molecule has 8 heteroatoms. The lowest BCUT2D eigenvalue weighted by Gasteiger charge is -2.12. The van der Waals surface area contributed by atoms with Gasteiger partial charge < -0.3 is 9.47 Å². The summed E-state index contributed by atoms with van der Waals surface area (Å²) in [5, 5.41) is 9.51. The summed E-state index contributed by atoms with van der Waals surface area (Å²) in [5.74, 6) is -0.557. The minimum Gasteiger partial charge on any atom is -0.440 e. The summed E-state index contributed by atoms with van der Waals surface area (Å²) in [6.07, 6.45) is 0.746. The van der Waals surface area contributed by atoms with Gasteiger partial charge in [-0.1, -0.05) is 26.0 Å². The van der Waals surface area contributed by atoms with Gasteiger partial charge in [0, 0.05) is 6.07 Å². The Morgan fingerprint density at radius 1 is 1.28 bits per heavy atom. The number of nitriles is 1. The van der Waals surface area contributed by atoms with Crippen LogP contribution in [0, 0.1) is 34.4 Å². The molecule has 3 rings (SSSR count). The molecule has 0 bridgehead atoms. The lowest BCUT2D eigenvalue weighted by Crippen LogP contribution is -2.15. The predicted molar refractivity (Wildman–Crippen MR) is 112 cm³/mol. The fraction of sp³-hybridized carbons (Fsp3) is 0.286. The third-order valence-electron chi connectivity index (χ3n) is 4.87. The second kappa shape index (κ2) is 8.64. The fourth-order valence-corrected chi connectivity index (χ4v) is 3.74. The second-order valence-corrected chi connectivity index (χ2v) is 9.96. The molecule has 0 saturated heterocycles. The quantitative estimate of drug-likeness (QED) is 0.432. The van der Waals surface area contributed by atoms with Crippen LogP contribution in [0.5, 0.6) is 11.6 Å². The van der Waals surface area contributed by atoms with Crippen LogP contribution in [0.2, 0.25) is 0 Å². The number of hydrogen-bond donors (Lipinski definition) is 0. The number of pyridine rings is 1. The number of carbonyl (C=O) groups excluding carboxylic acids is 1. The first-order valence-corrected chi connectivity index (χ1v) is 10.3. The highest BCUT2D eigenvalue weighted by Gasteiger charge is 2.61. The predicted octanol–water partition coefficient (Wildman–Crippen LogP) is 6.02. The van der Waals surface area contributed by atoms with Crippen molar-refractivity contribution in [2.75, 3.05) is 0 Å². The van der Waals surface area contributed by atoms with Gasteiger partial charge in [0.05, 0.1) is 15.0 Å². The molecule has 3 atom stereocenters. The molecule has 0 spiro atoms. The lowest BCUT2D eigenvalue weighted by molar-refractivity contribution is -0.149. The Hall–Kier alpha value is -2.24. The number of esters is 1. The zero-order valence-corrected chi connectivity index (χ0v) is 18.8. The molecule has 0 amide bonds. The van der Waals surface area contributed by atoms with Crippen molar-refractivity contribution in [1.29, 1.82) is 5.26 Å². The maximum atomic E-state index is 13.0. The molecule has 29 heavy (non-hydrogen) atoms. The van der Waals surface area contributed by atoms with E-state index >= 15 is 0 Å². The third-order valence-corrected chi connectivity index (χ3v) is 5.40. The van der Waals surface area contributed by atoms with Crippen molar-refractivity contribution in [2.24, 2.45) is 17.3 Å². The molecule has 0 aliphatic heterocycles. The van der Waals surface area contributed by atoms with Crippen molar-refractivity contribution in [3.05, 3.63) is 63.4 Å². The number of aromatic nitrogens is 1. The van der Waals surface area contributed by atoms with Crippen LogP contribution >= 0.6 is 31.9 Å². The zero-order chi connectivity index (χ0) is 21.2. The Bertz CT molecular complexity index is 982. The van der Waals surface area contributed by atoms with Crippen molar-refractivity contribution in [3.8, 4) is 17.7 Å². The Balaban J connectivity index is 1.72. The molecular formula is C21H17Br2FN2O3. The van der Waals surface area contributed by atoms with Crippen molar-refractivity contribution < 1.29 is 18.7 Å². The second-order valence-electron chi connectivity index (χ2n) is 7.18. The topological polar surface area (TPSA) is 72.2 Å². The number of halogens is 3. The minimum absolute atomic E-state index is 0.00389. The maximum absolute atomic E-state index is 13.0. The molecule has 0 unspecified atom stereocenters. The van der Waals surface area contributed by atoms with Gasteiger partial charge in [-0.05, 0) is 73.5 Å². The molecule has 0 radical (unpaired) electrons. The van der Waals surface area contributed by atoms with E-state index in [-0.39, 0.29) is 34.6 Å². The van der Waals surface area contributed by atoms with E-state index in [1.165, 1.54) is 24.3 Å². The monoisotopic (exact) mass is 522 g/mol. The molecule has 1 heterocycles. The van der Waals surface area contributed by atoms with E-state index in [1.807, 2.05) is 26.0 Å². The zero-order valence-electron chi connectivity index (χ0n) is 15.6. The number of nitrogens with zero attached hydrogens (tertiary/aromatic N) is 2. The van der Waals surface area contributed by atoms with Crippen LogP contribution < -0.4 is 4.74 Å². The van der Waals surface area contributed by atoms with Gasteiger partial charge in [-0.3, -0.25) is 4.79 Å². The Labute approximate surface area is 184 Å². The van der Waals surface area contributed by atoms with Crippen LogP contribution in [0.25, 0.3) is 0 Å². The van der Waals surface area contributed by atoms with E-state index in [0.717, 1.165) is 3.39 Å². The fourth-order valence-electron chi connectivity index (χ4n) is 3.17. The van der Waals surface area contributed by atoms with Crippen molar-refractivity contribution >= 4 is 37.8 Å². The van der Waals surface area contributed by atoms with E-state index in [2.05, 4.69) is 36.8 Å². The van der Waals surface area contributed by atoms with Crippen LogP contribution in [-0.4, -0.2) is 11.0 Å². The molecular weight excluding hydrogens is 507 g/mol. The van der Waals surface area contributed by atoms with E-state index in [0.29, 0.717) is 5.75 Å². The highest BCUT2D eigenvalue weighted by atomic mass is 79.9. The normalized spacial score (nSPS) is 20.1. The lowest BCUT2D eigenvalue weighted by atomic mass is 10.1. The Morgan fingerprint density at radius 2 is 1.97 bits per heavy atom. The first-order valence-electron chi connectivity index (χ1n) is 8.75. The highest BCUT2D eigenvalue weighted by molar-refractivity contribution is 9.28. The molecule has 1 fully saturated rings. The molecule has 150 valence electrons. The summed E-state index contributed by atoms with van der Waals surface area (Å²) in [5.41, 5.74) is -0.00196. The van der Waals surface area contributed by atoms with Crippen LogP contribution in [0.15, 0.2) is 51.9 Å². The number of benzene rings is 1. The van der Waals surface area contributed by atoms with Crippen LogP contribution in [0.3, 0.4) is 0 Å². The van der Waals surface area contributed by atoms with Gasteiger partial charge in [-0.15, -0.1) is 0 Å². The summed E-state index contributed by atoms with van der Waals surface area (Å²) < 4.78 is 24.8. The highest BCUT2D eigenvalue weighted by Crippen LogP contribution is 2.60. The van der Waals surface area contributed by atoms with E-state index in [1.54, 1.807) is 18.2 Å². The molecule has 1 aliphatic carbocycles. The van der Waals surface area contributed by atoms with Gasteiger partial charge in [-0.2, -0.15) is 5.26 Å². The van der Waals surface area contributed by atoms with E-state index < -0.39 is 12.1 Å². The minimum atomic E-state index is -1.16. The standard InChI is InChI=1S/C21H17Br2FN2O3/c1-21(2)14(10-17(22)23)19(21)20(27)29-16(11-25)15-4-3-5-18(26-15)28-13-8-6-12(24)7-9-13/h3-10,14,16,19H,1-2H3/t14-,16+,19-/m0/s1. The molecule has 1 aliphatic rings. The van der Waals surface area contributed by atoms with Crippen LogP contribution in [0.4, 0.5) is 4.39 Å². The van der Waals surface area contributed by atoms with Gasteiger partial charge in [0.15, 0.2) is 0 Å². The van der Waals surface area contributed by atoms with E-state index in [9.17, 15) is 14.4 Å². The van der Waals surface area contributed by atoms with Gasteiger partial charge in [0.25, 0.3) is 0 Å². The maximum Gasteiger partial charge on any atom is 0.311 e. The van der Waals surface area contributed by atoms with Gasteiger partial charge >= 0.3 is 5.97 Å². The van der Waals surface area contributed by atoms with Crippen LogP contribution in [-0.2, 0) is 9.53 Å². The van der Waals surface area contributed by atoms with Gasteiger partial charge in [0.2, 0.25) is 12.0 Å². The molecule has 2 aromatic rings. The first kappa shape index (κ1) is 21.5. The average molecular weight is 524 g/mol. The molecule has 0 N–H and O–H groups in total. The SMILES string of the molecule is CC1(C)[C@H](C(=O)O[C@H](C#N)c2cccc(Oc3ccc(F)cc3)n2)[C@@H]1C=C(Br)Br. The van der Waals surface area contributed by atoms with Gasteiger partial charge in [-0.25, -0.2) is 9.37 Å². The summed E-state index contributed by atoms with van der Waals surface area (Å²) in [4.78, 5) is 16.9. The Morgan fingerprint density at radius 3 is 2.59 bits per heavy atom. The molecule has 1 aromatic heterocycles. The molecule has 1 saturated carbocycles. The van der Waals surface area contributed by atoms with Crippen LogP contribution in [0.1, 0.15) is 25.6 Å². The summed E-state index contributed by atoms with van der Waals surface area (Å²) in [7, 11) is 0. The molecule has 5 nitrogen and oxygen atoms in total. The smallest absolute Gasteiger partial charge is 0.311 e. The largest absolute Gasteiger partial charge is 0.440 e. The third kappa shape index (κ3) is 5.03. The summed E-state index contributed by atoms with van der Waals surface area (Å²) in [6, 6.07) is 12.3. The van der Waals surface area contributed by atoms with E-state index in [4.69, 9.17) is 9.47 Å². The number of hydrogen-bond acceptors (Lipinski definition) is 5. The van der Waals surface area contributed by atoms with Crippen molar-refractivity contribution in [3.63, 3.8) is 0 Å². The first-order chi connectivity index (χ1) is 13.7. The number of allylic oxidation sites excluding steroid dienone is 1. The number of rotatable bonds is 6. The van der Waals surface area contributed by atoms with Crippen molar-refractivity contribution in [2.45, 2.75) is 20.0 Å². The van der Waals surface area contributed by atoms with Gasteiger partial charge in [0.1, 0.15) is 17.6 Å². The average Bonchev–Trinajstić information content (AvgIpc) is 3.21. The summed E-state index contributed by atoms with van der Waals surface area (Å²) in [6.45, 7) is 3.94. The van der Waals surface area contributed by atoms with Crippen molar-refractivity contribution in [1.82, 2.24) is 4.98 Å². The number of carbonyl (C=O) groups is 1. The Kier molecular flexibility index (Phi) is 6.39. The molecule has 1 aromatic carbocycles.